The molecule has 1 aliphatic rings. The molecule has 2 heterocycles. The highest BCUT2D eigenvalue weighted by Crippen LogP contribution is 2.34. The van der Waals surface area contributed by atoms with Gasteiger partial charge < -0.3 is 0 Å². The van der Waals surface area contributed by atoms with E-state index in [9.17, 15) is 32.3 Å². The first-order chi connectivity index (χ1) is 15.7. The molecule has 33 heavy (non-hydrogen) atoms. The molecule has 1 saturated carbocycles. The maximum absolute atomic E-state index is 13.9. The van der Waals surface area contributed by atoms with Crippen LogP contribution in [0.25, 0.3) is 11.0 Å². The van der Waals surface area contributed by atoms with Gasteiger partial charge in [0.15, 0.2) is 23.0 Å². The monoisotopic (exact) mass is 456 g/mol. The van der Waals surface area contributed by atoms with Gasteiger partial charge in [-0.15, -0.1) is 0 Å². The van der Waals surface area contributed by atoms with E-state index >= 15 is 0 Å². The average molecular weight is 456 g/mol. The van der Waals surface area contributed by atoms with Gasteiger partial charge in [-0.3, -0.25) is 23.7 Å². The van der Waals surface area contributed by atoms with Crippen LogP contribution < -0.4 is 5.56 Å². The Hall–Kier alpha value is -3.62. The van der Waals surface area contributed by atoms with Crippen molar-refractivity contribution in [3.63, 3.8) is 0 Å². The number of halogens is 3. The van der Waals surface area contributed by atoms with E-state index in [1.807, 2.05) is 30.3 Å². The normalized spacial score (nSPS) is 15.2. The minimum Gasteiger partial charge on any atom is -0.298 e. The number of alkyl halides is 3. The SMILES string of the molecule is O=C1CCCC(=O)C1C(=O)c1cc2ccc(=O)n(CCc3ccccc3)c2nc1C(F)(F)F. The fourth-order valence-electron chi connectivity index (χ4n) is 4.07. The average Bonchev–Trinajstić information content (AvgIpc) is 2.77. The van der Waals surface area contributed by atoms with Gasteiger partial charge in [0.1, 0.15) is 11.6 Å². The molecule has 1 aliphatic carbocycles. The summed E-state index contributed by atoms with van der Waals surface area (Å²) in [6.07, 6.45) is -4.45. The van der Waals surface area contributed by atoms with Crippen LogP contribution in [-0.4, -0.2) is 26.9 Å². The number of aryl methyl sites for hydroxylation is 2. The second kappa shape index (κ2) is 8.73. The maximum atomic E-state index is 13.9. The van der Waals surface area contributed by atoms with Crippen LogP contribution in [-0.2, 0) is 28.7 Å². The predicted octanol–water partition coefficient (Wildman–Crippen LogP) is 3.78. The van der Waals surface area contributed by atoms with Crippen molar-refractivity contribution in [1.29, 1.82) is 0 Å². The fraction of sp³-hybridized carbons (Fsp3) is 0.292. The van der Waals surface area contributed by atoms with E-state index in [2.05, 4.69) is 4.98 Å². The first kappa shape index (κ1) is 22.6. The highest BCUT2D eigenvalue weighted by Gasteiger charge is 2.43. The van der Waals surface area contributed by atoms with Crippen LogP contribution in [0.4, 0.5) is 13.2 Å². The summed E-state index contributed by atoms with van der Waals surface area (Å²) in [7, 11) is 0. The van der Waals surface area contributed by atoms with Crippen LogP contribution in [0.2, 0.25) is 0 Å². The van der Waals surface area contributed by atoms with Crippen molar-refractivity contribution in [3.05, 3.63) is 75.7 Å². The van der Waals surface area contributed by atoms with Crippen molar-refractivity contribution in [2.45, 2.75) is 38.4 Å². The van der Waals surface area contributed by atoms with E-state index in [-0.39, 0.29) is 36.8 Å². The van der Waals surface area contributed by atoms with Crippen molar-refractivity contribution >= 4 is 28.4 Å². The number of fused-ring (bicyclic) bond motifs is 1. The molecule has 0 radical (unpaired) electrons. The van der Waals surface area contributed by atoms with Crippen molar-refractivity contribution in [1.82, 2.24) is 9.55 Å². The highest BCUT2D eigenvalue weighted by atomic mass is 19.4. The Morgan fingerprint density at radius 2 is 1.67 bits per heavy atom. The smallest absolute Gasteiger partial charge is 0.298 e. The second-order valence-corrected chi connectivity index (χ2v) is 7.94. The zero-order valence-corrected chi connectivity index (χ0v) is 17.4. The van der Waals surface area contributed by atoms with Crippen molar-refractivity contribution in [3.8, 4) is 0 Å². The highest BCUT2D eigenvalue weighted by molar-refractivity contribution is 6.25. The molecule has 1 aromatic carbocycles. The largest absolute Gasteiger partial charge is 0.434 e. The lowest BCUT2D eigenvalue weighted by atomic mass is 9.81. The number of rotatable bonds is 5. The molecule has 0 spiro atoms. The summed E-state index contributed by atoms with van der Waals surface area (Å²) in [6, 6.07) is 12.6. The molecule has 1 fully saturated rings. The third-order valence-electron chi connectivity index (χ3n) is 5.71. The molecular weight excluding hydrogens is 437 g/mol. The summed E-state index contributed by atoms with van der Waals surface area (Å²) in [5, 5.41) is 0.134. The second-order valence-electron chi connectivity index (χ2n) is 7.94. The standard InChI is InChI=1S/C24H19F3N2O4/c25-24(26,27)22-16(21(33)20-17(30)7-4-8-18(20)31)13-15-9-10-19(32)29(23(15)28-22)12-11-14-5-2-1-3-6-14/h1-3,5-6,9-10,13,20H,4,7-8,11-12H2. The number of carbonyl (C=O) groups is 3. The molecular formula is C24H19F3N2O4. The zero-order chi connectivity index (χ0) is 23.8. The first-order valence-corrected chi connectivity index (χ1v) is 10.4. The molecule has 4 rings (SSSR count). The van der Waals surface area contributed by atoms with E-state index in [1.165, 1.54) is 12.1 Å². The van der Waals surface area contributed by atoms with Crippen LogP contribution in [0.15, 0.2) is 53.3 Å². The first-order valence-electron chi connectivity index (χ1n) is 10.4. The van der Waals surface area contributed by atoms with Crippen LogP contribution in [0.3, 0.4) is 0 Å². The van der Waals surface area contributed by atoms with Gasteiger partial charge >= 0.3 is 6.18 Å². The Morgan fingerprint density at radius 3 is 2.30 bits per heavy atom. The number of hydrogen-bond acceptors (Lipinski definition) is 5. The Bertz CT molecular complexity index is 1300. The molecule has 0 aliphatic heterocycles. The summed E-state index contributed by atoms with van der Waals surface area (Å²) < 4.78 is 42.9. The number of ketones is 3. The third-order valence-corrected chi connectivity index (χ3v) is 5.71. The van der Waals surface area contributed by atoms with Crippen molar-refractivity contribution in [2.24, 2.45) is 5.92 Å². The lowest BCUT2D eigenvalue weighted by molar-refractivity contribution is -0.142. The van der Waals surface area contributed by atoms with Gasteiger partial charge in [0.25, 0.3) is 5.56 Å². The minimum absolute atomic E-state index is 0.0382. The Labute approximate surface area is 186 Å². The van der Waals surface area contributed by atoms with Crippen LogP contribution >= 0.6 is 0 Å². The van der Waals surface area contributed by atoms with E-state index in [0.29, 0.717) is 6.42 Å². The van der Waals surface area contributed by atoms with Gasteiger partial charge in [0.05, 0.1) is 5.56 Å². The predicted molar refractivity (Wildman–Crippen MR) is 113 cm³/mol. The molecule has 2 aromatic heterocycles. The van der Waals surface area contributed by atoms with Crippen molar-refractivity contribution < 1.29 is 27.6 Å². The molecule has 0 saturated heterocycles. The number of aromatic nitrogens is 2. The van der Waals surface area contributed by atoms with E-state index < -0.39 is 46.3 Å². The number of benzene rings is 1. The number of carbonyl (C=O) groups excluding carboxylic acids is 3. The van der Waals surface area contributed by atoms with Crippen LogP contribution in [0.5, 0.6) is 0 Å². The molecule has 0 bridgehead atoms. The van der Waals surface area contributed by atoms with Gasteiger partial charge in [-0.05, 0) is 30.5 Å². The lowest BCUT2D eigenvalue weighted by Crippen LogP contribution is -2.36. The summed E-state index contributed by atoms with van der Waals surface area (Å²) in [6.45, 7) is 0.0807. The molecule has 0 N–H and O–H groups in total. The topological polar surface area (TPSA) is 86.1 Å². The Balaban J connectivity index is 1.83. The fourth-order valence-corrected chi connectivity index (χ4v) is 4.07. The number of pyridine rings is 2. The van der Waals surface area contributed by atoms with Gasteiger partial charge in [0.2, 0.25) is 0 Å². The van der Waals surface area contributed by atoms with Crippen LogP contribution in [0, 0.1) is 5.92 Å². The molecule has 0 amide bonds. The number of nitrogens with zero attached hydrogens (tertiary/aromatic N) is 2. The molecule has 9 heteroatoms. The lowest BCUT2D eigenvalue weighted by Gasteiger charge is -2.20. The van der Waals surface area contributed by atoms with Crippen LogP contribution in [0.1, 0.15) is 40.9 Å². The maximum Gasteiger partial charge on any atom is 0.434 e. The molecule has 0 unspecified atom stereocenters. The van der Waals surface area contributed by atoms with Gasteiger partial charge in [-0.25, -0.2) is 4.98 Å². The summed E-state index contributed by atoms with van der Waals surface area (Å²) in [5.74, 6) is -4.31. The van der Waals surface area contributed by atoms with Gasteiger partial charge in [-0.1, -0.05) is 30.3 Å². The molecule has 170 valence electrons. The van der Waals surface area contributed by atoms with E-state index in [1.54, 1.807) is 0 Å². The zero-order valence-electron chi connectivity index (χ0n) is 17.4. The minimum atomic E-state index is -5.03. The number of Topliss-reactive ketones (excluding diaryl/α,β-unsaturated/α-hetero) is 3. The van der Waals surface area contributed by atoms with E-state index in [4.69, 9.17) is 0 Å². The molecule has 3 aromatic rings. The van der Waals surface area contributed by atoms with Crippen molar-refractivity contribution in [2.75, 3.05) is 0 Å². The number of hydrogen-bond donors (Lipinski definition) is 0. The molecule has 0 atom stereocenters. The summed E-state index contributed by atoms with van der Waals surface area (Å²) in [5.41, 5.74) is -2.21. The quantitative estimate of drug-likeness (QED) is 0.431. The van der Waals surface area contributed by atoms with Gasteiger partial charge in [-0.2, -0.15) is 13.2 Å². The summed E-state index contributed by atoms with van der Waals surface area (Å²) in [4.78, 5) is 53.4. The summed E-state index contributed by atoms with van der Waals surface area (Å²) >= 11 is 0. The van der Waals surface area contributed by atoms with E-state index in [0.717, 1.165) is 16.2 Å². The Kier molecular flexibility index (Phi) is 5.97. The van der Waals surface area contributed by atoms with Gasteiger partial charge in [0, 0.05) is 30.8 Å². The third kappa shape index (κ3) is 4.48. The Morgan fingerprint density at radius 1 is 1.00 bits per heavy atom. The molecule has 6 nitrogen and oxygen atoms in total.